The minimum absolute atomic E-state index is 0.184. The largest absolute Gasteiger partial charge is 0.391 e. The van der Waals surface area contributed by atoms with Gasteiger partial charge in [0.15, 0.2) is 5.78 Å². The van der Waals surface area contributed by atoms with Crippen LogP contribution < -0.4 is 5.32 Å². The molecule has 1 unspecified atom stereocenters. The first-order valence-corrected chi connectivity index (χ1v) is 4.37. The summed E-state index contributed by atoms with van der Waals surface area (Å²) in [5.41, 5.74) is 0.965. The first-order valence-electron chi connectivity index (χ1n) is 4.37. The molecule has 0 saturated heterocycles. The minimum atomic E-state index is -0.304. The molecule has 0 aliphatic heterocycles. The zero-order valence-electron chi connectivity index (χ0n) is 7.34. The monoisotopic (exact) mass is 169 g/mol. The van der Waals surface area contributed by atoms with Crippen molar-refractivity contribution in [2.75, 3.05) is 6.54 Å². The molecule has 0 fully saturated rings. The van der Waals surface area contributed by atoms with E-state index in [0.717, 1.165) is 18.5 Å². The molecule has 0 amide bonds. The molecule has 1 aliphatic rings. The van der Waals surface area contributed by atoms with Crippen molar-refractivity contribution in [3.63, 3.8) is 0 Å². The summed E-state index contributed by atoms with van der Waals surface area (Å²) in [7, 11) is 0. The van der Waals surface area contributed by atoms with Crippen molar-refractivity contribution in [2.24, 2.45) is 0 Å². The number of hydrogen-bond acceptors (Lipinski definition) is 3. The van der Waals surface area contributed by atoms with Gasteiger partial charge in [-0.05, 0) is 12.8 Å². The van der Waals surface area contributed by atoms with Gasteiger partial charge in [0.2, 0.25) is 0 Å². The van der Waals surface area contributed by atoms with Gasteiger partial charge in [-0.3, -0.25) is 4.79 Å². The Hall–Kier alpha value is -0.830. The Morgan fingerprint density at radius 2 is 2.42 bits per heavy atom. The predicted molar refractivity (Wildman–Crippen MR) is 46.6 cm³/mol. The molecule has 0 aromatic rings. The molecule has 0 bridgehead atoms. The van der Waals surface area contributed by atoms with Crippen LogP contribution in [-0.2, 0) is 4.79 Å². The van der Waals surface area contributed by atoms with Crippen LogP contribution in [0.3, 0.4) is 0 Å². The van der Waals surface area contributed by atoms with Crippen molar-refractivity contribution in [1.82, 2.24) is 5.32 Å². The fourth-order valence-electron chi connectivity index (χ4n) is 1.13. The van der Waals surface area contributed by atoms with Crippen LogP contribution in [0.4, 0.5) is 0 Å². The zero-order chi connectivity index (χ0) is 8.97. The van der Waals surface area contributed by atoms with E-state index < -0.39 is 0 Å². The van der Waals surface area contributed by atoms with Crippen molar-refractivity contribution < 1.29 is 9.90 Å². The Morgan fingerprint density at radius 3 is 2.92 bits per heavy atom. The van der Waals surface area contributed by atoms with Crippen LogP contribution in [0.2, 0.25) is 0 Å². The molecule has 3 heteroatoms. The number of rotatable bonds is 4. The quantitative estimate of drug-likeness (QED) is 0.647. The number of nitrogens with one attached hydrogen (secondary N) is 1. The van der Waals surface area contributed by atoms with Gasteiger partial charge >= 0.3 is 0 Å². The van der Waals surface area contributed by atoms with E-state index in [4.69, 9.17) is 0 Å². The summed E-state index contributed by atoms with van der Waals surface area (Å²) in [4.78, 5) is 10.8. The van der Waals surface area contributed by atoms with Gasteiger partial charge in [0.25, 0.3) is 0 Å². The van der Waals surface area contributed by atoms with Crippen LogP contribution >= 0.6 is 0 Å². The number of aliphatic hydroxyl groups is 1. The number of ketones is 1. The maximum absolute atomic E-state index is 10.8. The van der Waals surface area contributed by atoms with E-state index in [1.807, 2.05) is 6.92 Å². The minimum Gasteiger partial charge on any atom is -0.391 e. The fourth-order valence-corrected chi connectivity index (χ4v) is 1.13. The SMILES string of the molecule is CCC(O)CNC1=CC(=O)CC1. The molecular formula is C9H15NO2. The first-order chi connectivity index (χ1) is 5.72. The molecule has 12 heavy (non-hydrogen) atoms. The summed E-state index contributed by atoms with van der Waals surface area (Å²) in [5.74, 6) is 0.184. The van der Waals surface area contributed by atoms with E-state index in [-0.39, 0.29) is 11.9 Å². The van der Waals surface area contributed by atoms with Gasteiger partial charge in [0, 0.05) is 24.7 Å². The Balaban J connectivity index is 2.24. The molecular weight excluding hydrogens is 154 g/mol. The molecule has 3 nitrogen and oxygen atoms in total. The molecule has 0 heterocycles. The molecule has 0 spiro atoms. The second-order valence-electron chi connectivity index (χ2n) is 3.08. The molecule has 0 radical (unpaired) electrons. The summed E-state index contributed by atoms with van der Waals surface area (Å²) < 4.78 is 0. The Bertz CT molecular complexity index is 199. The normalized spacial score (nSPS) is 19.2. The van der Waals surface area contributed by atoms with E-state index in [1.165, 1.54) is 0 Å². The van der Waals surface area contributed by atoms with Crippen LogP contribution in [0.5, 0.6) is 0 Å². The second-order valence-corrected chi connectivity index (χ2v) is 3.08. The lowest BCUT2D eigenvalue weighted by Gasteiger charge is -2.10. The van der Waals surface area contributed by atoms with Crippen molar-refractivity contribution in [2.45, 2.75) is 32.3 Å². The number of hydrogen-bond donors (Lipinski definition) is 2. The van der Waals surface area contributed by atoms with Gasteiger partial charge in [-0.25, -0.2) is 0 Å². The van der Waals surface area contributed by atoms with Crippen LogP contribution in [0.15, 0.2) is 11.8 Å². The van der Waals surface area contributed by atoms with Crippen LogP contribution in [-0.4, -0.2) is 23.5 Å². The molecule has 1 rings (SSSR count). The number of carbonyl (C=O) groups excluding carboxylic acids is 1. The van der Waals surface area contributed by atoms with Crippen molar-refractivity contribution >= 4 is 5.78 Å². The van der Waals surface area contributed by atoms with E-state index in [9.17, 15) is 9.90 Å². The standard InChI is InChI=1S/C9H15NO2/c1-2-8(11)6-10-7-3-4-9(12)5-7/h5,8,10-11H,2-4,6H2,1H3. The highest BCUT2D eigenvalue weighted by atomic mass is 16.3. The molecule has 1 atom stereocenters. The molecule has 1 aliphatic carbocycles. The van der Waals surface area contributed by atoms with Gasteiger partial charge in [0.05, 0.1) is 6.10 Å². The van der Waals surface area contributed by atoms with Crippen LogP contribution in [0.1, 0.15) is 26.2 Å². The Labute approximate surface area is 72.5 Å². The van der Waals surface area contributed by atoms with E-state index in [1.54, 1.807) is 6.08 Å². The maximum Gasteiger partial charge on any atom is 0.157 e. The maximum atomic E-state index is 10.8. The fraction of sp³-hybridized carbons (Fsp3) is 0.667. The Kier molecular flexibility index (Phi) is 3.29. The predicted octanol–water partition coefficient (Wildman–Crippen LogP) is 0.594. The van der Waals surface area contributed by atoms with Crippen LogP contribution in [0.25, 0.3) is 0 Å². The van der Waals surface area contributed by atoms with Gasteiger partial charge in [0.1, 0.15) is 0 Å². The summed E-state index contributed by atoms with van der Waals surface area (Å²) in [6.07, 6.45) is 3.48. The summed E-state index contributed by atoms with van der Waals surface area (Å²) >= 11 is 0. The van der Waals surface area contributed by atoms with Crippen LogP contribution in [0, 0.1) is 0 Å². The average molecular weight is 169 g/mol. The molecule has 0 aromatic heterocycles. The summed E-state index contributed by atoms with van der Waals surface area (Å²) in [6, 6.07) is 0. The molecule has 0 saturated carbocycles. The molecule has 0 aromatic carbocycles. The first kappa shape index (κ1) is 9.26. The summed E-state index contributed by atoms with van der Waals surface area (Å²) in [6.45, 7) is 2.48. The highest BCUT2D eigenvalue weighted by Crippen LogP contribution is 2.11. The van der Waals surface area contributed by atoms with Crippen molar-refractivity contribution in [1.29, 1.82) is 0 Å². The number of aliphatic hydroxyl groups excluding tert-OH is 1. The lowest BCUT2D eigenvalue weighted by molar-refractivity contribution is -0.114. The topological polar surface area (TPSA) is 49.3 Å². The molecule has 2 N–H and O–H groups in total. The van der Waals surface area contributed by atoms with Gasteiger partial charge < -0.3 is 10.4 Å². The Morgan fingerprint density at radius 1 is 1.67 bits per heavy atom. The van der Waals surface area contributed by atoms with Gasteiger partial charge in [-0.15, -0.1) is 0 Å². The van der Waals surface area contributed by atoms with Crippen molar-refractivity contribution in [3.8, 4) is 0 Å². The van der Waals surface area contributed by atoms with E-state index in [2.05, 4.69) is 5.32 Å². The third kappa shape index (κ3) is 2.66. The van der Waals surface area contributed by atoms with E-state index >= 15 is 0 Å². The second kappa shape index (κ2) is 4.26. The van der Waals surface area contributed by atoms with Crippen molar-refractivity contribution in [3.05, 3.63) is 11.8 Å². The third-order valence-electron chi connectivity index (χ3n) is 2.01. The summed E-state index contributed by atoms with van der Waals surface area (Å²) in [5, 5.41) is 12.3. The van der Waals surface area contributed by atoms with Gasteiger partial charge in [-0.2, -0.15) is 0 Å². The molecule has 68 valence electrons. The zero-order valence-corrected chi connectivity index (χ0v) is 7.34. The lowest BCUT2D eigenvalue weighted by Crippen LogP contribution is -2.24. The third-order valence-corrected chi connectivity index (χ3v) is 2.01. The van der Waals surface area contributed by atoms with E-state index in [0.29, 0.717) is 13.0 Å². The lowest BCUT2D eigenvalue weighted by atomic mass is 10.2. The number of allylic oxidation sites excluding steroid dienone is 2. The van der Waals surface area contributed by atoms with Gasteiger partial charge in [-0.1, -0.05) is 6.92 Å². The highest BCUT2D eigenvalue weighted by Gasteiger charge is 2.11. The highest BCUT2D eigenvalue weighted by molar-refractivity contribution is 5.92. The average Bonchev–Trinajstić information content (AvgIpc) is 2.47. The number of carbonyl (C=O) groups is 1. The smallest absolute Gasteiger partial charge is 0.157 e.